The lowest BCUT2D eigenvalue weighted by Crippen LogP contribution is -2.41. The van der Waals surface area contributed by atoms with Crippen LogP contribution in [0.5, 0.6) is 0 Å². The Morgan fingerprint density at radius 2 is 1.68 bits per heavy atom. The summed E-state index contributed by atoms with van der Waals surface area (Å²) in [4.78, 5) is 36.8. The molecule has 0 heterocycles. The number of nitrogens with one attached hydrogen (secondary N) is 3. The number of hydrogen-bond donors (Lipinski definition) is 3. The minimum atomic E-state index is -3.91. The number of carbonyl (C=O) groups is 3. The number of benzene rings is 2. The molecule has 0 fully saturated rings. The molecule has 0 bridgehead atoms. The number of urea groups is 1. The molecule has 0 spiro atoms. The monoisotopic (exact) mass is 533 g/mol. The number of anilines is 1. The maximum absolute atomic E-state index is 12.7. The quantitative estimate of drug-likeness (QED) is 0.248. The van der Waals surface area contributed by atoms with E-state index in [1.165, 1.54) is 19.2 Å². The highest BCUT2D eigenvalue weighted by atomic mass is 32.2. The number of ether oxygens (including phenoxy) is 2. The van der Waals surface area contributed by atoms with Crippen molar-refractivity contribution in [1.82, 2.24) is 10.0 Å². The van der Waals surface area contributed by atoms with Gasteiger partial charge in [-0.3, -0.25) is 4.79 Å². The summed E-state index contributed by atoms with van der Waals surface area (Å²) in [5.74, 6) is -1.20. The van der Waals surface area contributed by atoms with Crippen molar-refractivity contribution in [2.24, 2.45) is 0 Å². The van der Waals surface area contributed by atoms with Crippen molar-refractivity contribution < 1.29 is 32.3 Å². The molecule has 2 amide bonds. The Hall–Kier alpha value is -3.44. The number of esters is 2. The number of methoxy groups -OCH3 is 1. The van der Waals surface area contributed by atoms with E-state index in [-0.39, 0.29) is 23.4 Å². The van der Waals surface area contributed by atoms with Crippen molar-refractivity contribution in [2.45, 2.75) is 56.9 Å². The molecule has 37 heavy (non-hydrogen) atoms. The predicted molar refractivity (Wildman–Crippen MR) is 140 cm³/mol. The fourth-order valence-corrected chi connectivity index (χ4v) is 4.56. The molecule has 1 atom stereocenters. The molecular formula is C26H35N3O7S. The molecule has 0 aliphatic heterocycles. The van der Waals surface area contributed by atoms with Gasteiger partial charge in [0, 0.05) is 6.54 Å². The van der Waals surface area contributed by atoms with Gasteiger partial charge < -0.3 is 20.1 Å². The Bertz CT molecular complexity index is 1150. The van der Waals surface area contributed by atoms with Crippen LogP contribution in [-0.4, -0.2) is 52.7 Å². The van der Waals surface area contributed by atoms with Gasteiger partial charge >= 0.3 is 18.0 Å². The summed E-state index contributed by atoms with van der Waals surface area (Å²) < 4.78 is 37.7. The van der Waals surface area contributed by atoms with Gasteiger partial charge in [0.25, 0.3) is 0 Å². The van der Waals surface area contributed by atoms with Gasteiger partial charge in [0.15, 0.2) is 0 Å². The maximum Gasteiger partial charge on any atom is 0.340 e. The van der Waals surface area contributed by atoms with Crippen LogP contribution in [0.2, 0.25) is 0 Å². The lowest BCUT2D eigenvalue weighted by atomic mass is 10.1. The lowest BCUT2D eigenvalue weighted by Gasteiger charge is -2.17. The zero-order valence-electron chi connectivity index (χ0n) is 21.4. The maximum atomic E-state index is 12.7. The molecular weight excluding hydrogens is 498 g/mol. The smallest absolute Gasteiger partial charge is 0.340 e. The second-order valence-corrected chi connectivity index (χ2v) is 10.1. The van der Waals surface area contributed by atoms with E-state index in [0.29, 0.717) is 25.1 Å². The van der Waals surface area contributed by atoms with Crippen LogP contribution in [0, 0.1) is 6.92 Å². The molecule has 0 saturated heterocycles. The largest absolute Gasteiger partial charge is 0.468 e. The van der Waals surface area contributed by atoms with E-state index in [0.717, 1.165) is 18.4 Å². The van der Waals surface area contributed by atoms with Crippen LogP contribution < -0.4 is 15.4 Å². The van der Waals surface area contributed by atoms with Crippen LogP contribution in [0.25, 0.3) is 0 Å². The van der Waals surface area contributed by atoms with Crippen molar-refractivity contribution in [3.8, 4) is 0 Å². The molecule has 202 valence electrons. The Labute approximate surface area is 218 Å². The lowest BCUT2D eigenvalue weighted by molar-refractivity contribution is -0.142. The summed E-state index contributed by atoms with van der Waals surface area (Å²) in [7, 11) is -2.72. The number of hydrogen-bond acceptors (Lipinski definition) is 7. The molecule has 0 radical (unpaired) electrons. The van der Waals surface area contributed by atoms with Crippen molar-refractivity contribution in [1.29, 1.82) is 0 Å². The van der Waals surface area contributed by atoms with Crippen molar-refractivity contribution in [2.75, 3.05) is 25.6 Å². The highest BCUT2D eigenvalue weighted by Crippen LogP contribution is 2.17. The molecule has 2 rings (SSSR count). The molecule has 10 nitrogen and oxygen atoms in total. The Morgan fingerprint density at radius 3 is 2.35 bits per heavy atom. The van der Waals surface area contributed by atoms with Gasteiger partial charge in [0.05, 0.1) is 29.9 Å². The second kappa shape index (κ2) is 15.0. The molecule has 2 aromatic carbocycles. The number of para-hydroxylation sites is 1. The van der Waals surface area contributed by atoms with Crippen LogP contribution in [0.3, 0.4) is 0 Å². The van der Waals surface area contributed by atoms with E-state index in [2.05, 4.69) is 15.4 Å². The Morgan fingerprint density at radius 1 is 0.973 bits per heavy atom. The minimum absolute atomic E-state index is 0.0554. The summed E-state index contributed by atoms with van der Waals surface area (Å²) in [6.45, 7) is 4.42. The summed E-state index contributed by atoms with van der Waals surface area (Å²) in [5, 5.41) is 5.33. The second-order valence-electron chi connectivity index (χ2n) is 8.42. The number of carbonyl (C=O) groups excluding carboxylic acids is 3. The molecule has 0 aliphatic rings. The standard InChI is InChI=1S/C26H35N3O7S/c1-4-5-18-36-24(30)21-10-6-7-11-22(21)28-26(32)27-17-9-8-12-23(25(31)35-3)29-37(33,34)20-15-13-19(2)14-16-20/h6-7,10-11,13-16,23,29H,4-5,8-9,12,17-18H2,1-3H3,(H2,27,28,32). The van der Waals surface area contributed by atoms with Crippen molar-refractivity contribution in [3.63, 3.8) is 0 Å². The predicted octanol–water partition coefficient (Wildman–Crippen LogP) is 3.76. The Kier molecular flexibility index (Phi) is 12.0. The van der Waals surface area contributed by atoms with Gasteiger partial charge in [0.2, 0.25) is 10.0 Å². The van der Waals surface area contributed by atoms with Crippen LogP contribution in [0.1, 0.15) is 54.9 Å². The van der Waals surface area contributed by atoms with Gasteiger partial charge in [-0.2, -0.15) is 4.72 Å². The molecule has 0 aromatic heterocycles. The van der Waals surface area contributed by atoms with Crippen LogP contribution in [0.4, 0.5) is 10.5 Å². The SMILES string of the molecule is CCCCOC(=O)c1ccccc1NC(=O)NCCCCC(NS(=O)(=O)c1ccc(C)cc1)C(=O)OC. The molecule has 0 aliphatic carbocycles. The molecule has 1 unspecified atom stereocenters. The first kappa shape index (κ1) is 29.8. The summed E-state index contributed by atoms with van der Waals surface area (Å²) in [5.41, 5.74) is 1.50. The molecule has 0 saturated carbocycles. The number of sulfonamides is 1. The van der Waals surface area contributed by atoms with E-state index in [1.807, 2.05) is 13.8 Å². The van der Waals surface area contributed by atoms with Crippen LogP contribution >= 0.6 is 0 Å². The zero-order valence-corrected chi connectivity index (χ0v) is 22.2. The highest BCUT2D eigenvalue weighted by Gasteiger charge is 2.26. The van der Waals surface area contributed by atoms with E-state index in [9.17, 15) is 22.8 Å². The van der Waals surface area contributed by atoms with E-state index < -0.39 is 34.0 Å². The number of unbranched alkanes of at least 4 members (excludes halogenated alkanes) is 2. The van der Waals surface area contributed by atoms with Crippen LogP contribution in [0.15, 0.2) is 53.4 Å². The van der Waals surface area contributed by atoms with Gasteiger partial charge in [-0.1, -0.05) is 43.2 Å². The van der Waals surface area contributed by atoms with Gasteiger partial charge in [0.1, 0.15) is 6.04 Å². The number of rotatable bonds is 14. The third-order valence-electron chi connectivity index (χ3n) is 5.45. The normalized spacial score (nSPS) is 11.9. The molecule has 11 heteroatoms. The van der Waals surface area contributed by atoms with E-state index in [4.69, 9.17) is 9.47 Å². The van der Waals surface area contributed by atoms with Gasteiger partial charge in [-0.25, -0.2) is 18.0 Å². The van der Waals surface area contributed by atoms with Crippen molar-refractivity contribution >= 4 is 33.7 Å². The number of aryl methyl sites for hydroxylation is 1. The average Bonchev–Trinajstić information content (AvgIpc) is 2.88. The van der Waals surface area contributed by atoms with E-state index >= 15 is 0 Å². The zero-order chi connectivity index (χ0) is 27.3. The van der Waals surface area contributed by atoms with Crippen molar-refractivity contribution in [3.05, 3.63) is 59.7 Å². The summed E-state index contributed by atoms with van der Waals surface area (Å²) in [6.07, 6.45) is 2.76. The first-order chi connectivity index (χ1) is 17.7. The third kappa shape index (κ3) is 9.85. The third-order valence-corrected chi connectivity index (χ3v) is 6.93. The molecule has 3 N–H and O–H groups in total. The summed E-state index contributed by atoms with van der Waals surface area (Å²) in [6, 6.07) is 11.3. The number of amides is 2. The average molecular weight is 534 g/mol. The first-order valence-corrected chi connectivity index (χ1v) is 13.6. The first-order valence-electron chi connectivity index (χ1n) is 12.2. The van der Waals surface area contributed by atoms with Gasteiger partial charge in [-0.05, 0) is 56.9 Å². The topological polar surface area (TPSA) is 140 Å². The minimum Gasteiger partial charge on any atom is -0.468 e. The highest BCUT2D eigenvalue weighted by molar-refractivity contribution is 7.89. The van der Waals surface area contributed by atoms with Gasteiger partial charge in [-0.15, -0.1) is 0 Å². The van der Waals surface area contributed by atoms with E-state index in [1.54, 1.807) is 36.4 Å². The van der Waals surface area contributed by atoms with Crippen LogP contribution in [-0.2, 0) is 24.3 Å². The fraction of sp³-hybridized carbons (Fsp3) is 0.423. The molecule has 2 aromatic rings. The summed E-state index contributed by atoms with van der Waals surface area (Å²) >= 11 is 0. The fourth-order valence-electron chi connectivity index (χ4n) is 3.34. The Balaban J connectivity index is 1.84.